The maximum absolute atomic E-state index is 12.3. The number of nitrogens with one attached hydrogen (secondary N) is 1. The number of halogens is 1. The van der Waals surface area contributed by atoms with E-state index in [9.17, 15) is 13.2 Å². The molecular weight excluding hydrogens is 418 g/mol. The van der Waals surface area contributed by atoms with Crippen LogP contribution in [-0.4, -0.2) is 30.6 Å². The molecule has 0 radical (unpaired) electrons. The summed E-state index contributed by atoms with van der Waals surface area (Å²) in [6.07, 6.45) is 0. The summed E-state index contributed by atoms with van der Waals surface area (Å²) in [5, 5.41) is 8.27. The molecular formula is C19H18ClN3O5S. The van der Waals surface area contributed by atoms with E-state index in [2.05, 4.69) is 14.9 Å². The molecule has 3 rings (SSSR count). The van der Waals surface area contributed by atoms with Crippen molar-refractivity contribution in [2.45, 2.75) is 31.4 Å². The fraction of sp³-hybridized carbons (Fsp3) is 0.211. The highest BCUT2D eigenvalue weighted by Gasteiger charge is 2.23. The highest BCUT2D eigenvalue weighted by molar-refractivity contribution is 7.89. The highest BCUT2D eigenvalue weighted by atomic mass is 35.5. The van der Waals surface area contributed by atoms with Crippen molar-refractivity contribution in [3.63, 3.8) is 0 Å². The number of sulfonamides is 1. The van der Waals surface area contributed by atoms with Gasteiger partial charge in [0.1, 0.15) is 6.04 Å². The third kappa shape index (κ3) is 5.41. The Morgan fingerprint density at radius 2 is 1.79 bits per heavy atom. The van der Waals surface area contributed by atoms with Gasteiger partial charge in [-0.25, -0.2) is 8.42 Å². The molecule has 2 aromatic carbocycles. The molecule has 0 aliphatic rings. The number of carbonyl (C=O) groups excluding carboxylic acids is 1. The van der Waals surface area contributed by atoms with Crippen molar-refractivity contribution in [1.82, 2.24) is 14.9 Å². The lowest BCUT2D eigenvalue weighted by Crippen LogP contribution is -2.39. The van der Waals surface area contributed by atoms with Gasteiger partial charge < -0.3 is 9.15 Å². The van der Waals surface area contributed by atoms with E-state index in [1.54, 1.807) is 36.4 Å². The smallest absolute Gasteiger partial charge is 0.324 e. The molecule has 0 spiro atoms. The molecule has 0 saturated carbocycles. The number of hydrogen-bond acceptors (Lipinski definition) is 7. The van der Waals surface area contributed by atoms with Crippen LogP contribution in [0.25, 0.3) is 11.5 Å². The van der Waals surface area contributed by atoms with Gasteiger partial charge in [-0.05, 0) is 50.2 Å². The lowest BCUT2D eigenvalue weighted by atomic mass is 10.2. The van der Waals surface area contributed by atoms with Crippen molar-refractivity contribution in [3.05, 3.63) is 65.0 Å². The largest absolute Gasteiger partial charge is 0.454 e. The summed E-state index contributed by atoms with van der Waals surface area (Å²) in [5.74, 6) is -0.440. The van der Waals surface area contributed by atoms with Crippen LogP contribution in [0.2, 0.25) is 5.02 Å². The maximum Gasteiger partial charge on any atom is 0.324 e. The number of benzene rings is 2. The first-order valence-corrected chi connectivity index (χ1v) is 10.4. The molecule has 29 heavy (non-hydrogen) atoms. The normalized spacial score (nSPS) is 12.5. The molecule has 1 N–H and O–H groups in total. The number of carbonyl (C=O) groups is 1. The zero-order chi connectivity index (χ0) is 21.0. The van der Waals surface area contributed by atoms with Crippen LogP contribution in [-0.2, 0) is 26.2 Å². The summed E-state index contributed by atoms with van der Waals surface area (Å²) in [5.41, 5.74) is 1.59. The number of hydrogen-bond donors (Lipinski definition) is 1. The fourth-order valence-electron chi connectivity index (χ4n) is 2.35. The molecule has 0 fully saturated rings. The number of rotatable bonds is 7. The van der Waals surface area contributed by atoms with Gasteiger partial charge in [0.05, 0.1) is 4.90 Å². The van der Waals surface area contributed by atoms with Crippen LogP contribution >= 0.6 is 11.6 Å². The van der Waals surface area contributed by atoms with Gasteiger partial charge in [0.15, 0.2) is 6.61 Å². The predicted octanol–water partition coefficient (Wildman–Crippen LogP) is 3.11. The minimum absolute atomic E-state index is 0.0623. The zero-order valence-corrected chi connectivity index (χ0v) is 17.2. The first kappa shape index (κ1) is 21.0. The second-order valence-electron chi connectivity index (χ2n) is 6.27. The Morgan fingerprint density at radius 3 is 2.45 bits per heavy atom. The average molecular weight is 436 g/mol. The average Bonchev–Trinajstić information content (AvgIpc) is 3.15. The van der Waals surface area contributed by atoms with E-state index in [-0.39, 0.29) is 23.3 Å². The van der Waals surface area contributed by atoms with Crippen LogP contribution in [0.4, 0.5) is 0 Å². The lowest BCUT2D eigenvalue weighted by Gasteiger charge is -2.13. The Labute approximate surface area is 172 Å². The predicted molar refractivity (Wildman–Crippen MR) is 106 cm³/mol. The Morgan fingerprint density at radius 1 is 1.14 bits per heavy atom. The lowest BCUT2D eigenvalue weighted by molar-refractivity contribution is -0.147. The minimum atomic E-state index is -3.85. The van der Waals surface area contributed by atoms with E-state index < -0.39 is 22.0 Å². The molecule has 0 unspecified atom stereocenters. The summed E-state index contributed by atoms with van der Waals surface area (Å²) in [7, 11) is -3.85. The van der Waals surface area contributed by atoms with Gasteiger partial charge >= 0.3 is 5.97 Å². The summed E-state index contributed by atoms with van der Waals surface area (Å²) >= 11 is 5.84. The number of aromatic nitrogens is 2. The molecule has 10 heteroatoms. The molecule has 0 saturated heterocycles. The van der Waals surface area contributed by atoms with Crippen molar-refractivity contribution >= 4 is 27.6 Å². The van der Waals surface area contributed by atoms with Crippen LogP contribution < -0.4 is 4.72 Å². The molecule has 0 aliphatic heterocycles. The Hall–Kier alpha value is -2.75. The van der Waals surface area contributed by atoms with Crippen LogP contribution in [0.3, 0.4) is 0 Å². The van der Waals surface area contributed by atoms with E-state index >= 15 is 0 Å². The van der Waals surface area contributed by atoms with Crippen LogP contribution in [0, 0.1) is 6.92 Å². The van der Waals surface area contributed by atoms with Crippen LogP contribution in [0.15, 0.2) is 57.8 Å². The number of aryl methyl sites for hydroxylation is 1. The Balaban J connectivity index is 1.57. The topological polar surface area (TPSA) is 111 Å². The van der Waals surface area contributed by atoms with Crippen molar-refractivity contribution in [2.75, 3.05) is 0 Å². The molecule has 8 nitrogen and oxygen atoms in total. The Bertz CT molecular complexity index is 1100. The van der Waals surface area contributed by atoms with E-state index in [0.29, 0.717) is 10.6 Å². The maximum atomic E-state index is 12.3. The van der Waals surface area contributed by atoms with Crippen molar-refractivity contribution in [2.24, 2.45) is 0 Å². The monoisotopic (exact) mass is 435 g/mol. The first-order chi connectivity index (χ1) is 13.7. The van der Waals surface area contributed by atoms with Crippen molar-refractivity contribution < 1.29 is 22.4 Å². The van der Waals surface area contributed by atoms with Gasteiger partial charge in [-0.2, -0.15) is 4.72 Å². The van der Waals surface area contributed by atoms with Gasteiger partial charge in [0.2, 0.25) is 15.9 Å². The van der Waals surface area contributed by atoms with E-state index in [1.807, 2.05) is 6.92 Å². The highest BCUT2D eigenvalue weighted by Crippen LogP contribution is 2.20. The molecule has 1 atom stereocenters. The van der Waals surface area contributed by atoms with Gasteiger partial charge in [-0.3, -0.25) is 4.79 Å². The second kappa shape index (κ2) is 8.73. The third-order valence-electron chi connectivity index (χ3n) is 3.91. The number of esters is 1. The number of nitrogens with zero attached hydrogens (tertiary/aromatic N) is 2. The fourth-order valence-corrected chi connectivity index (χ4v) is 3.66. The standard InChI is InChI=1S/C19H18ClN3O5S/c1-12-3-9-16(10-4-12)29(25,26)23-13(2)19(24)27-11-17-21-22-18(28-17)14-5-7-15(20)8-6-14/h3-10,13,23H,11H2,1-2H3/t13-/m0/s1. The first-order valence-electron chi connectivity index (χ1n) is 8.58. The number of ether oxygens (including phenoxy) is 1. The van der Waals surface area contributed by atoms with Gasteiger partial charge in [0, 0.05) is 10.6 Å². The van der Waals surface area contributed by atoms with Gasteiger partial charge in [-0.1, -0.05) is 29.3 Å². The molecule has 0 aliphatic carbocycles. The van der Waals surface area contributed by atoms with E-state index in [4.69, 9.17) is 20.8 Å². The summed E-state index contributed by atoms with van der Waals surface area (Å²) < 4.78 is 37.5. The van der Waals surface area contributed by atoms with Crippen molar-refractivity contribution in [3.8, 4) is 11.5 Å². The SMILES string of the molecule is Cc1ccc(S(=O)(=O)N[C@@H](C)C(=O)OCc2nnc(-c3ccc(Cl)cc3)o2)cc1. The molecule has 1 heterocycles. The minimum Gasteiger partial charge on any atom is -0.454 e. The molecule has 0 bridgehead atoms. The summed E-state index contributed by atoms with van der Waals surface area (Å²) in [6.45, 7) is 2.96. The molecule has 152 valence electrons. The zero-order valence-electron chi connectivity index (χ0n) is 15.6. The summed E-state index contributed by atoms with van der Waals surface area (Å²) in [4.78, 5) is 12.2. The quantitative estimate of drug-likeness (QED) is 0.567. The molecule has 1 aromatic heterocycles. The Kier molecular flexibility index (Phi) is 6.31. The van der Waals surface area contributed by atoms with Gasteiger partial charge in [-0.15, -0.1) is 10.2 Å². The second-order valence-corrected chi connectivity index (χ2v) is 8.42. The van der Waals surface area contributed by atoms with E-state index in [1.165, 1.54) is 19.1 Å². The van der Waals surface area contributed by atoms with Crippen LogP contribution in [0.5, 0.6) is 0 Å². The van der Waals surface area contributed by atoms with Gasteiger partial charge in [0.25, 0.3) is 5.89 Å². The molecule has 3 aromatic rings. The van der Waals surface area contributed by atoms with Crippen molar-refractivity contribution in [1.29, 1.82) is 0 Å². The molecule has 0 amide bonds. The van der Waals surface area contributed by atoms with Crippen LogP contribution in [0.1, 0.15) is 18.4 Å². The third-order valence-corrected chi connectivity index (χ3v) is 5.72. The van der Waals surface area contributed by atoms with E-state index in [0.717, 1.165) is 5.56 Å². The summed E-state index contributed by atoms with van der Waals surface area (Å²) in [6, 6.07) is 12.0.